The van der Waals surface area contributed by atoms with Crippen molar-refractivity contribution in [1.29, 1.82) is 0 Å². The lowest BCUT2D eigenvalue weighted by atomic mass is 10.0. The zero-order valence-electron chi connectivity index (χ0n) is 9.21. The summed E-state index contributed by atoms with van der Waals surface area (Å²) in [6.07, 6.45) is 0. The largest absolute Gasteiger partial charge is 0.495 e. The Bertz CT molecular complexity index is 555. The Hall–Kier alpha value is -2.10. The molecule has 0 radical (unpaired) electrons. The average molecular weight is 235 g/mol. The van der Waals surface area contributed by atoms with Gasteiger partial charge < -0.3 is 10.5 Å². The number of benzene rings is 2. The van der Waals surface area contributed by atoms with Gasteiger partial charge in [-0.15, -0.1) is 0 Å². The second kappa shape index (κ2) is 4.41. The van der Waals surface area contributed by atoms with Gasteiger partial charge in [0.25, 0.3) is 0 Å². The Morgan fingerprint density at radius 2 is 1.59 bits per heavy atom. The van der Waals surface area contributed by atoms with Gasteiger partial charge in [-0.1, -0.05) is 12.1 Å². The van der Waals surface area contributed by atoms with E-state index in [1.165, 1.54) is 13.2 Å². The number of hydrogen-bond acceptors (Lipinski definition) is 2. The van der Waals surface area contributed by atoms with Gasteiger partial charge in [-0.05, 0) is 35.4 Å². The molecule has 0 aromatic heterocycles. The molecule has 88 valence electrons. The lowest BCUT2D eigenvalue weighted by Gasteiger charge is -2.07. The maximum Gasteiger partial charge on any atom is 0.159 e. The topological polar surface area (TPSA) is 35.2 Å². The highest BCUT2D eigenvalue weighted by Gasteiger charge is 2.06. The van der Waals surface area contributed by atoms with Crippen molar-refractivity contribution in [3.05, 3.63) is 48.0 Å². The van der Waals surface area contributed by atoms with Crippen molar-refractivity contribution < 1.29 is 13.5 Å². The van der Waals surface area contributed by atoms with Crippen LogP contribution in [0.4, 0.5) is 14.5 Å². The third-order valence-corrected chi connectivity index (χ3v) is 2.48. The van der Waals surface area contributed by atoms with Crippen LogP contribution in [0.15, 0.2) is 36.4 Å². The fourth-order valence-corrected chi connectivity index (χ4v) is 1.59. The molecule has 0 spiro atoms. The number of halogens is 2. The normalized spacial score (nSPS) is 10.3. The summed E-state index contributed by atoms with van der Waals surface area (Å²) in [7, 11) is 1.52. The van der Waals surface area contributed by atoms with Crippen LogP contribution >= 0.6 is 0 Å². The molecule has 4 heteroatoms. The standard InChI is InChI=1S/C13H11F2NO/c1-17-13-5-3-9(7-12(13)16)8-2-4-10(14)11(15)6-8/h2-7H,16H2,1H3. The van der Waals surface area contributed by atoms with Gasteiger partial charge >= 0.3 is 0 Å². The first-order chi connectivity index (χ1) is 8.11. The second-order valence-corrected chi connectivity index (χ2v) is 3.59. The van der Waals surface area contributed by atoms with E-state index in [2.05, 4.69) is 0 Å². The molecule has 0 saturated carbocycles. The average Bonchev–Trinajstić information content (AvgIpc) is 2.32. The quantitative estimate of drug-likeness (QED) is 0.811. The van der Waals surface area contributed by atoms with Crippen molar-refractivity contribution in [3.8, 4) is 16.9 Å². The van der Waals surface area contributed by atoms with E-state index in [0.717, 1.165) is 12.1 Å². The number of ether oxygens (including phenoxy) is 1. The van der Waals surface area contributed by atoms with E-state index in [9.17, 15) is 8.78 Å². The summed E-state index contributed by atoms with van der Waals surface area (Å²) in [4.78, 5) is 0. The third kappa shape index (κ3) is 2.20. The van der Waals surface area contributed by atoms with E-state index in [1.807, 2.05) is 0 Å². The zero-order valence-corrected chi connectivity index (χ0v) is 9.21. The summed E-state index contributed by atoms with van der Waals surface area (Å²) in [5, 5.41) is 0. The van der Waals surface area contributed by atoms with Crippen molar-refractivity contribution in [2.75, 3.05) is 12.8 Å². The molecule has 0 bridgehead atoms. The van der Waals surface area contributed by atoms with Gasteiger partial charge in [-0.3, -0.25) is 0 Å². The molecule has 0 atom stereocenters. The van der Waals surface area contributed by atoms with Crippen molar-refractivity contribution in [2.24, 2.45) is 0 Å². The fourth-order valence-electron chi connectivity index (χ4n) is 1.59. The SMILES string of the molecule is COc1ccc(-c2ccc(F)c(F)c2)cc1N. The summed E-state index contributed by atoms with van der Waals surface area (Å²) in [5.41, 5.74) is 7.48. The molecule has 0 aliphatic carbocycles. The Morgan fingerprint density at radius 3 is 2.18 bits per heavy atom. The first-order valence-electron chi connectivity index (χ1n) is 5.01. The maximum atomic E-state index is 13.1. The van der Waals surface area contributed by atoms with E-state index < -0.39 is 11.6 Å². The van der Waals surface area contributed by atoms with E-state index in [1.54, 1.807) is 18.2 Å². The Labute approximate surface area is 97.6 Å². The second-order valence-electron chi connectivity index (χ2n) is 3.59. The van der Waals surface area contributed by atoms with E-state index in [-0.39, 0.29) is 0 Å². The van der Waals surface area contributed by atoms with Gasteiger partial charge in [0, 0.05) is 0 Å². The number of nitrogens with two attached hydrogens (primary N) is 1. The minimum Gasteiger partial charge on any atom is -0.495 e. The van der Waals surface area contributed by atoms with Crippen LogP contribution in [0.5, 0.6) is 5.75 Å². The van der Waals surface area contributed by atoms with Gasteiger partial charge in [-0.2, -0.15) is 0 Å². The maximum absolute atomic E-state index is 13.1. The molecule has 0 heterocycles. The number of hydrogen-bond donors (Lipinski definition) is 1. The summed E-state index contributed by atoms with van der Waals surface area (Å²) >= 11 is 0. The molecule has 2 nitrogen and oxygen atoms in total. The highest BCUT2D eigenvalue weighted by Crippen LogP contribution is 2.28. The van der Waals surface area contributed by atoms with E-state index >= 15 is 0 Å². The minimum absolute atomic E-state index is 0.453. The molecule has 2 aromatic rings. The highest BCUT2D eigenvalue weighted by molar-refractivity contribution is 5.70. The van der Waals surface area contributed by atoms with Crippen LogP contribution < -0.4 is 10.5 Å². The summed E-state index contributed by atoms with van der Waals surface area (Å²) < 4.78 is 30.9. The first kappa shape index (κ1) is 11.4. The molecule has 0 amide bonds. The number of nitrogen functional groups attached to an aromatic ring is 1. The number of methoxy groups -OCH3 is 1. The molecule has 2 N–H and O–H groups in total. The predicted molar refractivity (Wildman–Crippen MR) is 62.8 cm³/mol. The van der Waals surface area contributed by atoms with Crippen LogP contribution in [-0.2, 0) is 0 Å². The highest BCUT2D eigenvalue weighted by atomic mass is 19.2. The zero-order chi connectivity index (χ0) is 12.4. The van der Waals surface area contributed by atoms with E-state index in [0.29, 0.717) is 22.6 Å². The van der Waals surface area contributed by atoms with Crippen LogP contribution in [0.2, 0.25) is 0 Å². The first-order valence-corrected chi connectivity index (χ1v) is 5.01. The van der Waals surface area contributed by atoms with Crippen LogP contribution in [0.25, 0.3) is 11.1 Å². The predicted octanol–water partition coefficient (Wildman–Crippen LogP) is 3.22. The Balaban J connectivity index is 2.46. The minimum atomic E-state index is -0.878. The van der Waals surface area contributed by atoms with Gasteiger partial charge in [0.1, 0.15) is 5.75 Å². The molecule has 0 saturated heterocycles. The Kier molecular flexibility index (Phi) is 2.95. The van der Waals surface area contributed by atoms with Gasteiger partial charge in [0.2, 0.25) is 0 Å². The molecule has 0 aliphatic heterocycles. The molecule has 2 rings (SSSR count). The smallest absolute Gasteiger partial charge is 0.159 e. The molecule has 0 aliphatic rings. The lowest BCUT2D eigenvalue weighted by molar-refractivity contribution is 0.417. The van der Waals surface area contributed by atoms with Crippen LogP contribution in [0, 0.1) is 11.6 Å². The summed E-state index contributed by atoms with van der Waals surface area (Å²) in [6.45, 7) is 0. The van der Waals surface area contributed by atoms with E-state index in [4.69, 9.17) is 10.5 Å². The summed E-state index contributed by atoms with van der Waals surface area (Å²) in [5.74, 6) is -1.19. The molecular formula is C13H11F2NO. The van der Waals surface area contributed by atoms with Gasteiger partial charge in [0.15, 0.2) is 11.6 Å². The molecule has 0 fully saturated rings. The molecule has 0 unspecified atom stereocenters. The fraction of sp³-hybridized carbons (Fsp3) is 0.0769. The van der Waals surface area contributed by atoms with Crippen molar-refractivity contribution in [3.63, 3.8) is 0 Å². The monoisotopic (exact) mass is 235 g/mol. The van der Waals surface area contributed by atoms with Crippen LogP contribution in [0.3, 0.4) is 0 Å². The number of anilines is 1. The van der Waals surface area contributed by atoms with Gasteiger partial charge in [-0.25, -0.2) is 8.78 Å². The van der Waals surface area contributed by atoms with Crippen molar-refractivity contribution in [2.45, 2.75) is 0 Å². The van der Waals surface area contributed by atoms with Crippen LogP contribution in [-0.4, -0.2) is 7.11 Å². The van der Waals surface area contributed by atoms with Crippen LogP contribution in [0.1, 0.15) is 0 Å². The van der Waals surface area contributed by atoms with Crippen molar-refractivity contribution >= 4 is 5.69 Å². The molecule has 17 heavy (non-hydrogen) atoms. The third-order valence-electron chi connectivity index (χ3n) is 2.48. The lowest BCUT2D eigenvalue weighted by Crippen LogP contribution is -1.93. The molecule has 2 aromatic carbocycles. The van der Waals surface area contributed by atoms with Gasteiger partial charge in [0.05, 0.1) is 12.8 Å². The molecular weight excluding hydrogens is 224 g/mol. The Morgan fingerprint density at radius 1 is 0.941 bits per heavy atom. The van der Waals surface area contributed by atoms with Crippen molar-refractivity contribution in [1.82, 2.24) is 0 Å². The number of rotatable bonds is 2. The summed E-state index contributed by atoms with van der Waals surface area (Å²) in [6, 6.07) is 8.81.